The van der Waals surface area contributed by atoms with Crippen molar-refractivity contribution in [3.05, 3.63) is 29.5 Å². The van der Waals surface area contributed by atoms with Crippen LogP contribution in [-0.2, 0) is 0 Å². The van der Waals surface area contributed by atoms with E-state index in [1.165, 1.54) is 0 Å². The quantitative estimate of drug-likeness (QED) is 0.796. The van der Waals surface area contributed by atoms with Crippen LogP contribution in [0.5, 0.6) is 0 Å². The number of rotatable bonds is 2. The minimum atomic E-state index is 0.318. The summed E-state index contributed by atoms with van der Waals surface area (Å²) in [6, 6.07) is 8.55. The molecule has 0 radical (unpaired) electrons. The zero-order valence-electron chi connectivity index (χ0n) is 11.9. The van der Waals surface area contributed by atoms with Crippen LogP contribution in [-0.4, -0.2) is 48.1 Å². The van der Waals surface area contributed by atoms with Gasteiger partial charge in [0.1, 0.15) is 5.82 Å². The topological polar surface area (TPSA) is 32.3 Å². The van der Waals surface area contributed by atoms with E-state index in [1.54, 1.807) is 0 Å². The molecule has 1 aliphatic rings. The molecule has 4 nitrogen and oxygen atoms in total. The number of fused-ring (bicyclic) bond motifs is 1. The third-order valence-corrected chi connectivity index (χ3v) is 4.29. The molecular formula is C15H19ClN4. The normalized spacial score (nSPS) is 17.6. The fourth-order valence-electron chi connectivity index (χ4n) is 2.86. The smallest absolute Gasteiger partial charge is 0.224 e. The lowest BCUT2D eigenvalue weighted by Gasteiger charge is -2.36. The molecule has 1 aromatic heterocycles. The van der Waals surface area contributed by atoms with Gasteiger partial charge in [-0.05, 0) is 56.7 Å². The second kappa shape index (κ2) is 5.54. The highest BCUT2D eigenvalue weighted by molar-refractivity contribution is 6.28. The van der Waals surface area contributed by atoms with Gasteiger partial charge < -0.3 is 9.80 Å². The van der Waals surface area contributed by atoms with Crippen LogP contribution in [0.3, 0.4) is 0 Å². The minimum absolute atomic E-state index is 0.318. The van der Waals surface area contributed by atoms with Crippen molar-refractivity contribution in [1.82, 2.24) is 14.9 Å². The summed E-state index contributed by atoms with van der Waals surface area (Å²) in [6.07, 6.45) is 2.31. The van der Waals surface area contributed by atoms with Gasteiger partial charge in [-0.25, -0.2) is 4.98 Å². The maximum absolute atomic E-state index is 6.07. The monoisotopic (exact) mass is 290 g/mol. The highest BCUT2D eigenvalue weighted by atomic mass is 35.5. The molecular weight excluding hydrogens is 272 g/mol. The van der Waals surface area contributed by atoms with Gasteiger partial charge in [-0.2, -0.15) is 4.98 Å². The Morgan fingerprint density at radius 3 is 2.65 bits per heavy atom. The van der Waals surface area contributed by atoms with E-state index in [-0.39, 0.29) is 0 Å². The van der Waals surface area contributed by atoms with Crippen molar-refractivity contribution in [2.24, 2.45) is 0 Å². The molecule has 0 bridgehead atoms. The van der Waals surface area contributed by atoms with E-state index in [0.717, 1.165) is 42.7 Å². The summed E-state index contributed by atoms with van der Waals surface area (Å²) in [5.41, 5.74) is 0.905. The molecule has 0 N–H and O–H groups in total. The van der Waals surface area contributed by atoms with Gasteiger partial charge in [-0.15, -0.1) is 0 Å². The van der Waals surface area contributed by atoms with Gasteiger partial charge in [-0.1, -0.05) is 12.1 Å². The van der Waals surface area contributed by atoms with Crippen molar-refractivity contribution in [1.29, 1.82) is 0 Å². The zero-order chi connectivity index (χ0) is 14.1. The Hall–Kier alpha value is -1.39. The van der Waals surface area contributed by atoms with Crippen molar-refractivity contribution in [3.63, 3.8) is 0 Å². The van der Waals surface area contributed by atoms with Crippen LogP contribution in [0.1, 0.15) is 12.8 Å². The molecule has 106 valence electrons. The van der Waals surface area contributed by atoms with Crippen molar-refractivity contribution in [2.75, 3.05) is 32.1 Å². The lowest BCUT2D eigenvalue weighted by molar-refractivity contribution is 0.252. The number of piperidine rings is 1. The molecule has 0 spiro atoms. The van der Waals surface area contributed by atoms with Crippen molar-refractivity contribution >= 4 is 28.3 Å². The van der Waals surface area contributed by atoms with E-state index in [0.29, 0.717) is 11.3 Å². The molecule has 0 aliphatic carbocycles. The first-order chi connectivity index (χ1) is 9.65. The van der Waals surface area contributed by atoms with E-state index in [9.17, 15) is 0 Å². The van der Waals surface area contributed by atoms with E-state index in [2.05, 4.69) is 39.9 Å². The number of likely N-dealkylation sites (tertiary alicyclic amines) is 1. The first-order valence-electron chi connectivity index (χ1n) is 6.99. The molecule has 0 atom stereocenters. The average molecular weight is 291 g/mol. The Morgan fingerprint density at radius 2 is 1.90 bits per heavy atom. The van der Waals surface area contributed by atoms with Crippen LogP contribution >= 0.6 is 11.6 Å². The highest BCUT2D eigenvalue weighted by Gasteiger charge is 2.23. The maximum Gasteiger partial charge on any atom is 0.224 e. The Bertz CT molecular complexity index is 608. The molecule has 20 heavy (non-hydrogen) atoms. The predicted molar refractivity (Wildman–Crippen MR) is 83.5 cm³/mol. The predicted octanol–water partition coefficient (Wildman–Crippen LogP) is 2.81. The molecule has 1 aromatic carbocycles. The standard InChI is InChI=1S/C15H19ClN4/c1-19-9-7-11(8-10-19)20(2)14-12-5-3-4-6-13(12)17-15(16)18-14/h3-6,11H,7-10H2,1-2H3. The highest BCUT2D eigenvalue weighted by Crippen LogP contribution is 2.28. The minimum Gasteiger partial charge on any atom is -0.356 e. The molecule has 1 fully saturated rings. The van der Waals surface area contributed by atoms with Gasteiger partial charge in [0.2, 0.25) is 5.28 Å². The summed E-state index contributed by atoms with van der Waals surface area (Å²) in [5.74, 6) is 0.940. The molecule has 5 heteroatoms. The first-order valence-corrected chi connectivity index (χ1v) is 7.36. The van der Waals surface area contributed by atoms with E-state index < -0.39 is 0 Å². The molecule has 0 unspecified atom stereocenters. The molecule has 0 amide bonds. The van der Waals surface area contributed by atoms with Crippen LogP contribution in [0.25, 0.3) is 10.9 Å². The third-order valence-electron chi connectivity index (χ3n) is 4.13. The summed E-state index contributed by atoms with van der Waals surface area (Å²) >= 11 is 6.07. The summed E-state index contributed by atoms with van der Waals surface area (Å²) in [6.45, 7) is 2.26. The Balaban J connectivity index is 1.96. The SMILES string of the molecule is CN1CCC(N(C)c2nc(Cl)nc3ccccc23)CC1. The lowest BCUT2D eigenvalue weighted by Crippen LogP contribution is -2.42. The van der Waals surface area contributed by atoms with Crippen molar-refractivity contribution < 1.29 is 0 Å². The number of nitrogens with zero attached hydrogens (tertiary/aromatic N) is 4. The Morgan fingerprint density at radius 1 is 1.20 bits per heavy atom. The van der Waals surface area contributed by atoms with Crippen molar-refractivity contribution in [3.8, 4) is 0 Å². The molecule has 3 rings (SSSR count). The fourth-order valence-corrected chi connectivity index (χ4v) is 3.03. The fraction of sp³-hybridized carbons (Fsp3) is 0.467. The average Bonchev–Trinajstić information content (AvgIpc) is 2.46. The number of aromatic nitrogens is 2. The van der Waals surface area contributed by atoms with Gasteiger partial charge in [0, 0.05) is 18.5 Å². The van der Waals surface area contributed by atoms with Crippen LogP contribution < -0.4 is 4.90 Å². The number of benzene rings is 1. The van der Waals surface area contributed by atoms with Crippen LogP contribution in [0.15, 0.2) is 24.3 Å². The number of hydrogen-bond acceptors (Lipinski definition) is 4. The van der Waals surface area contributed by atoms with Crippen LogP contribution in [0, 0.1) is 0 Å². The van der Waals surface area contributed by atoms with Crippen LogP contribution in [0.2, 0.25) is 5.28 Å². The van der Waals surface area contributed by atoms with Gasteiger partial charge in [0.25, 0.3) is 0 Å². The summed E-state index contributed by atoms with van der Waals surface area (Å²) in [7, 11) is 4.29. The van der Waals surface area contributed by atoms with E-state index in [4.69, 9.17) is 11.6 Å². The summed E-state index contributed by atoms with van der Waals surface area (Å²) < 4.78 is 0. The molecule has 0 saturated carbocycles. The number of anilines is 1. The van der Waals surface area contributed by atoms with Crippen molar-refractivity contribution in [2.45, 2.75) is 18.9 Å². The van der Waals surface area contributed by atoms with E-state index >= 15 is 0 Å². The number of hydrogen-bond donors (Lipinski definition) is 0. The molecule has 1 aliphatic heterocycles. The van der Waals surface area contributed by atoms with E-state index in [1.807, 2.05) is 18.2 Å². The second-order valence-corrected chi connectivity index (χ2v) is 5.82. The number of para-hydroxylation sites is 1. The van der Waals surface area contributed by atoms with Gasteiger partial charge >= 0.3 is 0 Å². The van der Waals surface area contributed by atoms with Gasteiger partial charge in [0.05, 0.1) is 5.52 Å². The molecule has 1 saturated heterocycles. The summed E-state index contributed by atoms with van der Waals surface area (Å²) in [4.78, 5) is 13.4. The first kappa shape index (κ1) is 13.6. The second-order valence-electron chi connectivity index (χ2n) is 5.48. The Labute approximate surface area is 124 Å². The largest absolute Gasteiger partial charge is 0.356 e. The summed E-state index contributed by atoms with van der Waals surface area (Å²) in [5, 5.41) is 1.39. The maximum atomic E-state index is 6.07. The molecule has 2 heterocycles. The lowest BCUT2D eigenvalue weighted by atomic mass is 10.0. The van der Waals surface area contributed by atoms with Gasteiger partial charge in [-0.3, -0.25) is 0 Å². The molecule has 2 aromatic rings. The van der Waals surface area contributed by atoms with Crippen LogP contribution in [0.4, 0.5) is 5.82 Å². The van der Waals surface area contributed by atoms with Gasteiger partial charge in [0.15, 0.2) is 0 Å². The zero-order valence-corrected chi connectivity index (χ0v) is 12.6. The Kier molecular flexibility index (Phi) is 3.76. The number of halogens is 1. The third kappa shape index (κ3) is 2.58.